The molecule has 128 valence electrons. The van der Waals surface area contributed by atoms with Crippen LogP contribution in [0.4, 0.5) is 5.69 Å². The molecule has 0 bridgehead atoms. The molecule has 4 nitrogen and oxygen atoms in total. The highest BCUT2D eigenvalue weighted by Crippen LogP contribution is 2.18. The van der Waals surface area contributed by atoms with Crippen LogP contribution in [0.15, 0.2) is 48.5 Å². The van der Waals surface area contributed by atoms with Crippen molar-refractivity contribution in [3.63, 3.8) is 0 Å². The highest BCUT2D eigenvalue weighted by molar-refractivity contribution is 5.95. The van der Waals surface area contributed by atoms with Crippen LogP contribution >= 0.6 is 0 Å². The molecule has 0 heterocycles. The molecule has 0 saturated carbocycles. The van der Waals surface area contributed by atoms with E-state index >= 15 is 0 Å². The van der Waals surface area contributed by atoms with Crippen molar-refractivity contribution < 1.29 is 15.0 Å². The van der Waals surface area contributed by atoms with E-state index in [1.165, 1.54) is 4.90 Å². The number of rotatable bonds is 7. The molecule has 0 fully saturated rings. The molecule has 0 aliphatic carbocycles. The Morgan fingerprint density at radius 1 is 1.12 bits per heavy atom. The highest BCUT2D eigenvalue weighted by Gasteiger charge is 2.24. The quantitative estimate of drug-likeness (QED) is 0.689. The van der Waals surface area contributed by atoms with Gasteiger partial charge in [0.2, 0.25) is 0 Å². The zero-order chi connectivity index (χ0) is 17.5. The molecule has 4 heteroatoms. The first kappa shape index (κ1) is 18.2. The zero-order valence-electron chi connectivity index (χ0n) is 15.1. The lowest BCUT2D eigenvalue weighted by molar-refractivity contribution is -0.876. The third-order valence-electron chi connectivity index (χ3n) is 4.14. The summed E-state index contributed by atoms with van der Waals surface area (Å²) in [6, 6.07) is 15.9. The third kappa shape index (κ3) is 5.18. The van der Waals surface area contributed by atoms with E-state index in [1.54, 1.807) is 0 Å². The predicted octanol–water partition coefficient (Wildman–Crippen LogP) is 0.691. The van der Waals surface area contributed by atoms with Gasteiger partial charge in [-0.05, 0) is 31.0 Å². The van der Waals surface area contributed by atoms with Gasteiger partial charge in [0.25, 0.3) is 5.91 Å². The molecule has 0 saturated heterocycles. The fourth-order valence-electron chi connectivity index (χ4n) is 2.67. The number of hydrogen-bond acceptors (Lipinski definition) is 1. The minimum absolute atomic E-state index is 0.0312. The number of likely N-dealkylation sites (N-methyl/N-ethyl adjacent to an activating group) is 1. The van der Waals surface area contributed by atoms with Gasteiger partial charge in [-0.3, -0.25) is 4.79 Å². The Balaban J connectivity index is 2.16. The Morgan fingerprint density at radius 3 is 2.50 bits per heavy atom. The standard InChI is InChI=1S/C20H27N3O/c1-15-10-11-16(2)18(14-15)22-20(24)19(21-12-13-23(3)4)17-8-6-5-7-9-17/h5-11,14,19,21H,12-13H2,1-4H3,(H,22,24)/p+2/t19-/m0/s1. The van der Waals surface area contributed by atoms with Crippen LogP contribution in [0.3, 0.4) is 0 Å². The van der Waals surface area contributed by atoms with Crippen molar-refractivity contribution in [2.45, 2.75) is 19.9 Å². The van der Waals surface area contributed by atoms with E-state index in [9.17, 15) is 4.79 Å². The summed E-state index contributed by atoms with van der Waals surface area (Å²) in [6.07, 6.45) is 0. The molecule has 0 aromatic heterocycles. The summed E-state index contributed by atoms with van der Waals surface area (Å²) >= 11 is 0. The number of benzene rings is 2. The summed E-state index contributed by atoms with van der Waals surface area (Å²) < 4.78 is 0. The SMILES string of the molecule is Cc1ccc(C)c(NC(=O)[C@@H]([NH2+]CC[NH+](C)C)c2ccccc2)c1. The number of anilines is 1. The minimum atomic E-state index is -0.231. The van der Waals surface area contributed by atoms with Crippen molar-refractivity contribution in [2.75, 3.05) is 32.5 Å². The first-order valence-corrected chi connectivity index (χ1v) is 8.53. The summed E-state index contributed by atoms with van der Waals surface area (Å²) in [6.45, 7) is 5.98. The summed E-state index contributed by atoms with van der Waals surface area (Å²) in [5.41, 5.74) is 4.16. The van der Waals surface area contributed by atoms with Gasteiger partial charge in [0.1, 0.15) is 13.1 Å². The molecule has 1 atom stereocenters. The van der Waals surface area contributed by atoms with Crippen molar-refractivity contribution in [1.82, 2.24) is 0 Å². The van der Waals surface area contributed by atoms with Gasteiger partial charge in [-0.1, -0.05) is 42.5 Å². The van der Waals surface area contributed by atoms with Crippen LogP contribution in [0, 0.1) is 13.8 Å². The second-order valence-electron chi connectivity index (χ2n) is 6.68. The number of quaternary nitrogens is 2. The van der Waals surface area contributed by atoms with Gasteiger partial charge in [0, 0.05) is 11.3 Å². The lowest BCUT2D eigenvalue weighted by Crippen LogP contribution is -3.09. The normalized spacial score (nSPS) is 12.2. The maximum absolute atomic E-state index is 12.9. The maximum atomic E-state index is 12.9. The van der Waals surface area contributed by atoms with E-state index in [1.807, 2.05) is 56.3 Å². The molecular weight excluding hydrogens is 298 g/mol. The van der Waals surface area contributed by atoms with E-state index < -0.39 is 0 Å². The van der Waals surface area contributed by atoms with E-state index in [-0.39, 0.29) is 11.9 Å². The lowest BCUT2D eigenvalue weighted by atomic mass is 10.1. The monoisotopic (exact) mass is 327 g/mol. The van der Waals surface area contributed by atoms with Crippen LogP contribution in [-0.4, -0.2) is 33.1 Å². The zero-order valence-corrected chi connectivity index (χ0v) is 15.1. The first-order valence-electron chi connectivity index (χ1n) is 8.53. The minimum Gasteiger partial charge on any atom is -0.335 e. The number of nitrogens with one attached hydrogen (secondary N) is 2. The molecule has 0 radical (unpaired) electrons. The van der Waals surface area contributed by atoms with E-state index in [0.29, 0.717) is 0 Å². The average molecular weight is 327 g/mol. The second-order valence-corrected chi connectivity index (χ2v) is 6.68. The molecule has 0 unspecified atom stereocenters. The van der Waals surface area contributed by atoms with Crippen molar-refractivity contribution >= 4 is 11.6 Å². The molecular formula is C20H29N3O+2. The van der Waals surface area contributed by atoms with Crippen LogP contribution in [0.2, 0.25) is 0 Å². The predicted molar refractivity (Wildman–Crippen MR) is 98.2 cm³/mol. The number of hydrogen-bond donors (Lipinski definition) is 3. The van der Waals surface area contributed by atoms with E-state index in [0.717, 1.165) is 35.5 Å². The summed E-state index contributed by atoms with van der Waals surface area (Å²) in [7, 11) is 4.25. The fraction of sp³-hybridized carbons (Fsp3) is 0.350. The number of carbonyl (C=O) groups is 1. The van der Waals surface area contributed by atoms with Gasteiger partial charge in [0.05, 0.1) is 14.1 Å². The second kappa shape index (κ2) is 8.62. The summed E-state index contributed by atoms with van der Waals surface area (Å²) in [5.74, 6) is 0.0312. The molecule has 1 amide bonds. The van der Waals surface area contributed by atoms with Crippen LogP contribution < -0.4 is 15.5 Å². The molecule has 2 aromatic rings. The van der Waals surface area contributed by atoms with Crippen LogP contribution in [0.25, 0.3) is 0 Å². The molecule has 0 aliphatic heterocycles. The van der Waals surface area contributed by atoms with Crippen molar-refractivity contribution in [3.05, 3.63) is 65.2 Å². The van der Waals surface area contributed by atoms with E-state index in [4.69, 9.17) is 0 Å². The van der Waals surface area contributed by atoms with Crippen molar-refractivity contribution in [3.8, 4) is 0 Å². The van der Waals surface area contributed by atoms with Crippen molar-refractivity contribution in [2.24, 2.45) is 0 Å². The van der Waals surface area contributed by atoms with Gasteiger partial charge in [-0.25, -0.2) is 0 Å². The van der Waals surface area contributed by atoms with Gasteiger partial charge >= 0.3 is 0 Å². The van der Waals surface area contributed by atoms with Gasteiger partial charge in [0.15, 0.2) is 6.04 Å². The Hall–Kier alpha value is -2.17. The molecule has 2 aromatic carbocycles. The number of aryl methyl sites for hydroxylation is 2. The van der Waals surface area contributed by atoms with Crippen LogP contribution in [0.1, 0.15) is 22.7 Å². The Kier molecular flexibility index (Phi) is 6.53. The summed E-state index contributed by atoms with van der Waals surface area (Å²) in [5, 5.41) is 5.24. The van der Waals surface area contributed by atoms with Crippen LogP contribution in [-0.2, 0) is 4.79 Å². The largest absolute Gasteiger partial charge is 0.335 e. The average Bonchev–Trinajstić information content (AvgIpc) is 2.55. The Bertz CT molecular complexity index is 668. The topological polar surface area (TPSA) is 50.1 Å². The van der Waals surface area contributed by atoms with E-state index in [2.05, 4.69) is 30.8 Å². The molecule has 4 N–H and O–H groups in total. The Labute approximate surface area is 144 Å². The number of nitrogens with two attached hydrogens (primary N) is 1. The fourth-order valence-corrected chi connectivity index (χ4v) is 2.67. The third-order valence-corrected chi connectivity index (χ3v) is 4.14. The number of amides is 1. The molecule has 0 spiro atoms. The molecule has 2 rings (SSSR count). The number of carbonyl (C=O) groups excluding carboxylic acids is 1. The van der Waals surface area contributed by atoms with Gasteiger partial charge in [-0.15, -0.1) is 0 Å². The lowest BCUT2D eigenvalue weighted by Gasteiger charge is -2.17. The summed E-state index contributed by atoms with van der Waals surface area (Å²) in [4.78, 5) is 14.3. The van der Waals surface area contributed by atoms with Crippen LogP contribution in [0.5, 0.6) is 0 Å². The molecule has 24 heavy (non-hydrogen) atoms. The van der Waals surface area contributed by atoms with Gasteiger partial charge in [-0.2, -0.15) is 0 Å². The first-order chi connectivity index (χ1) is 11.5. The molecule has 0 aliphatic rings. The van der Waals surface area contributed by atoms with Gasteiger partial charge < -0.3 is 15.5 Å². The smallest absolute Gasteiger partial charge is 0.287 e. The van der Waals surface area contributed by atoms with Crippen molar-refractivity contribution in [1.29, 1.82) is 0 Å². The highest BCUT2D eigenvalue weighted by atomic mass is 16.2. The maximum Gasteiger partial charge on any atom is 0.287 e. The Morgan fingerprint density at radius 2 is 1.83 bits per heavy atom.